The van der Waals surface area contributed by atoms with E-state index in [4.69, 9.17) is 14.2 Å². The zero-order valence-corrected chi connectivity index (χ0v) is 16.6. The number of carbonyl (C=O) groups excluding carboxylic acids is 1. The Morgan fingerprint density at radius 3 is 2.78 bits per heavy atom. The summed E-state index contributed by atoms with van der Waals surface area (Å²) in [4.78, 5) is 10.5. The average Bonchev–Trinajstić information content (AvgIpc) is 2.67. The zero-order chi connectivity index (χ0) is 19.8. The van der Waals surface area contributed by atoms with Crippen LogP contribution in [0.25, 0.3) is 0 Å². The summed E-state index contributed by atoms with van der Waals surface area (Å²) in [6.45, 7) is 4.81. The van der Waals surface area contributed by atoms with E-state index in [1.807, 2.05) is 37.3 Å². The standard InChI is InChI=1S/C22H32O5/c1-21(24,14-16-26-17-18-9-5-4-6-10-18)19-12-13-22(2,25-3)20(27-19)11-7-8-15-23/h4-10,15,19-20,24H,11-14,16-17H2,1-3H3/b8-7+/t19-,20-,21+,22+/m1/s1. The molecular formula is C22H32O5. The Morgan fingerprint density at radius 1 is 1.37 bits per heavy atom. The van der Waals surface area contributed by atoms with Crippen molar-refractivity contribution >= 4 is 6.29 Å². The van der Waals surface area contributed by atoms with Gasteiger partial charge in [0.15, 0.2) is 0 Å². The molecule has 150 valence electrons. The lowest BCUT2D eigenvalue weighted by molar-refractivity contribution is -0.223. The molecule has 1 aromatic carbocycles. The quantitative estimate of drug-likeness (QED) is 0.385. The molecule has 4 atom stereocenters. The van der Waals surface area contributed by atoms with Gasteiger partial charge >= 0.3 is 0 Å². The molecular weight excluding hydrogens is 344 g/mol. The molecule has 0 radical (unpaired) electrons. The highest BCUT2D eigenvalue weighted by Gasteiger charge is 2.45. The summed E-state index contributed by atoms with van der Waals surface area (Å²) in [6, 6.07) is 9.98. The molecule has 1 aliphatic heterocycles. The molecule has 27 heavy (non-hydrogen) atoms. The molecule has 1 saturated heterocycles. The number of ether oxygens (including phenoxy) is 3. The smallest absolute Gasteiger partial charge is 0.142 e. The largest absolute Gasteiger partial charge is 0.387 e. The van der Waals surface area contributed by atoms with Gasteiger partial charge in [-0.05, 0) is 44.7 Å². The van der Waals surface area contributed by atoms with E-state index in [0.717, 1.165) is 18.3 Å². The highest BCUT2D eigenvalue weighted by molar-refractivity contribution is 5.64. The number of methoxy groups -OCH3 is 1. The molecule has 1 fully saturated rings. The third-order valence-electron chi connectivity index (χ3n) is 5.50. The zero-order valence-electron chi connectivity index (χ0n) is 16.6. The normalized spacial score (nSPS) is 28.1. The third kappa shape index (κ3) is 6.25. The van der Waals surface area contributed by atoms with Gasteiger partial charge in [-0.15, -0.1) is 0 Å². The van der Waals surface area contributed by atoms with Crippen LogP contribution in [0.4, 0.5) is 0 Å². The van der Waals surface area contributed by atoms with Gasteiger partial charge in [0.05, 0.1) is 30.0 Å². The number of rotatable bonds is 10. The fourth-order valence-electron chi connectivity index (χ4n) is 3.45. The van der Waals surface area contributed by atoms with Crippen molar-refractivity contribution in [3.63, 3.8) is 0 Å². The first-order valence-corrected chi connectivity index (χ1v) is 9.56. The van der Waals surface area contributed by atoms with Crippen LogP contribution in [0.2, 0.25) is 0 Å². The van der Waals surface area contributed by atoms with E-state index in [0.29, 0.717) is 32.5 Å². The minimum atomic E-state index is -0.988. The summed E-state index contributed by atoms with van der Waals surface area (Å²) in [5.74, 6) is 0. The summed E-state index contributed by atoms with van der Waals surface area (Å²) in [5.41, 5.74) is -0.300. The maximum Gasteiger partial charge on any atom is 0.142 e. The van der Waals surface area contributed by atoms with Crippen LogP contribution in [0.1, 0.15) is 45.1 Å². The van der Waals surface area contributed by atoms with Crippen LogP contribution in [-0.4, -0.2) is 48.5 Å². The molecule has 2 rings (SSSR count). The lowest BCUT2D eigenvalue weighted by atomic mass is 9.81. The predicted molar refractivity (Wildman–Crippen MR) is 104 cm³/mol. The van der Waals surface area contributed by atoms with Crippen molar-refractivity contribution in [2.24, 2.45) is 0 Å². The number of allylic oxidation sites excluding steroid dienone is 1. The van der Waals surface area contributed by atoms with Gasteiger partial charge in [-0.1, -0.05) is 36.4 Å². The maximum atomic E-state index is 10.9. The van der Waals surface area contributed by atoms with Crippen LogP contribution < -0.4 is 0 Å². The van der Waals surface area contributed by atoms with Gasteiger partial charge in [0.1, 0.15) is 6.29 Å². The van der Waals surface area contributed by atoms with Crippen LogP contribution in [0.5, 0.6) is 0 Å². The maximum absolute atomic E-state index is 10.9. The number of aldehydes is 1. The van der Waals surface area contributed by atoms with Crippen LogP contribution in [0, 0.1) is 0 Å². The van der Waals surface area contributed by atoms with Gasteiger partial charge in [0.25, 0.3) is 0 Å². The first-order chi connectivity index (χ1) is 12.9. The number of aliphatic hydroxyl groups is 1. The SMILES string of the molecule is CO[C@@]1(C)CC[C@H]([C@@](C)(O)CCOCc2ccccc2)O[C@@H]1C/C=C/C=O. The highest BCUT2D eigenvalue weighted by atomic mass is 16.6. The Labute approximate surface area is 162 Å². The molecule has 1 N–H and O–H groups in total. The molecule has 1 heterocycles. The Bertz CT molecular complexity index is 598. The van der Waals surface area contributed by atoms with Crippen molar-refractivity contribution in [3.05, 3.63) is 48.0 Å². The highest BCUT2D eigenvalue weighted by Crippen LogP contribution is 2.38. The lowest BCUT2D eigenvalue weighted by Crippen LogP contribution is -2.55. The van der Waals surface area contributed by atoms with Crippen LogP contribution in [0.3, 0.4) is 0 Å². The van der Waals surface area contributed by atoms with E-state index in [9.17, 15) is 9.90 Å². The Kier molecular flexibility index (Phi) is 8.17. The summed E-state index contributed by atoms with van der Waals surface area (Å²) < 4.78 is 17.6. The summed E-state index contributed by atoms with van der Waals surface area (Å²) in [6.07, 6.45) is 6.06. The average molecular weight is 376 g/mol. The van der Waals surface area contributed by atoms with Crippen molar-refractivity contribution in [3.8, 4) is 0 Å². The minimum Gasteiger partial charge on any atom is -0.387 e. The van der Waals surface area contributed by atoms with E-state index in [2.05, 4.69) is 0 Å². The van der Waals surface area contributed by atoms with E-state index in [-0.39, 0.29) is 12.2 Å². The van der Waals surface area contributed by atoms with Crippen molar-refractivity contribution in [2.75, 3.05) is 13.7 Å². The molecule has 0 amide bonds. The molecule has 0 aliphatic carbocycles. The van der Waals surface area contributed by atoms with Gasteiger partial charge in [-0.2, -0.15) is 0 Å². The van der Waals surface area contributed by atoms with Gasteiger partial charge in [-0.25, -0.2) is 0 Å². The monoisotopic (exact) mass is 376 g/mol. The van der Waals surface area contributed by atoms with Gasteiger partial charge < -0.3 is 19.3 Å². The fraction of sp³-hybridized carbons (Fsp3) is 0.591. The first kappa shape index (κ1) is 21.8. The summed E-state index contributed by atoms with van der Waals surface area (Å²) in [5, 5.41) is 10.9. The Balaban J connectivity index is 1.88. The molecule has 0 spiro atoms. The number of hydrogen-bond donors (Lipinski definition) is 1. The molecule has 0 saturated carbocycles. The summed E-state index contributed by atoms with van der Waals surface area (Å²) >= 11 is 0. The molecule has 5 heteroatoms. The predicted octanol–water partition coefficient (Wildman–Crippen LogP) is 3.44. The molecule has 1 aliphatic rings. The second-order valence-electron chi connectivity index (χ2n) is 7.61. The second kappa shape index (κ2) is 10.1. The Hall–Kier alpha value is -1.53. The van der Waals surface area contributed by atoms with Crippen molar-refractivity contribution in [2.45, 2.75) is 69.5 Å². The van der Waals surface area contributed by atoms with Crippen LogP contribution in [0.15, 0.2) is 42.5 Å². The topological polar surface area (TPSA) is 65.0 Å². The molecule has 0 bridgehead atoms. The van der Waals surface area contributed by atoms with Gasteiger partial charge in [-0.3, -0.25) is 4.79 Å². The molecule has 5 nitrogen and oxygen atoms in total. The number of carbonyl (C=O) groups is 1. The third-order valence-corrected chi connectivity index (χ3v) is 5.50. The minimum absolute atomic E-state index is 0.214. The van der Waals surface area contributed by atoms with Crippen molar-refractivity contribution < 1.29 is 24.1 Å². The molecule has 0 unspecified atom stereocenters. The van der Waals surface area contributed by atoms with E-state index < -0.39 is 11.2 Å². The fourth-order valence-corrected chi connectivity index (χ4v) is 3.45. The van der Waals surface area contributed by atoms with Crippen LogP contribution in [-0.2, 0) is 25.6 Å². The first-order valence-electron chi connectivity index (χ1n) is 9.56. The summed E-state index contributed by atoms with van der Waals surface area (Å²) in [7, 11) is 1.68. The Morgan fingerprint density at radius 2 is 2.11 bits per heavy atom. The van der Waals surface area contributed by atoms with Crippen LogP contribution >= 0.6 is 0 Å². The van der Waals surface area contributed by atoms with Gasteiger partial charge in [0, 0.05) is 20.1 Å². The van der Waals surface area contributed by atoms with E-state index >= 15 is 0 Å². The number of hydrogen-bond acceptors (Lipinski definition) is 5. The lowest BCUT2D eigenvalue weighted by Gasteiger charge is -2.47. The number of benzene rings is 1. The van der Waals surface area contributed by atoms with Crippen molar-refractivity contribution in [1.29, 1.82) is 0 Å². The van der Waals surface area contributed by atoms with E-state index in [1.54, 1.807) is 20.1 Å². The van der Waals surface area contributed by atoms with Crippen molar-refractivity contribution in [1.82, 2.24) is 0 Å². The second-order valence-corrected chi connectivity index (χ2v) is 7.61. The molecule has 1 aromatic rings. The van der Waals surface area contributed by atoms with E-state index in [1.165, 1.54) is 6.08 Å². The molecule has 0 aromatic heterocycles. The van der Waals surface area contributed by atoms with Gasteiger partial charge in [0.2, 0.25) is 0 Å².